The van der Waals surface area contributed by atoms with Gasteiger partial charge < -0.3 is 18.6 Å². The first-order valence-corrected chi connectivity index (χ1v) is 16.8. The van der Waals surface area contributed by atoms with Gasteiger partial charge in [-0.2, -0.15) is 0 Å². The van der Waals surface area contributed by atoms with Crippen LogP contribution in [-0.4, -0.2) is 55.5 Å². The molecule has 2 fully saturated rings. The highest BCUT2D eigenvalue weighted by Crippen LogP contribution is 2.50. The Bertz CT molecular complexity index is 1440. The van der Waals surface area contributed by atoms with Crippen molar-refractivity contribution in [1.29, 1.82) is 0 Å². The maximum absolute atomic E-state index is 13.2. The van der Waals surface area contributed by atoms with Gasteiger partial charge >= 0.3 is 11.7 Å². The van der Waals surface area contributed by atoms with Crippen molar-refractivity contribution in [2.75, 3.05) is 18.6 Å². The van der Waals surface area contributed by atoms with Crippen LogP contribution >= 0.6 is 11.3 Å². The molecule has 0 N–H and O–H groups in total. The molecular formula is C30H42N4O5SSi. The van der Waals surface area contributed by atoms with Crippen LogP contribution in [0.5, 0.6) is 0 Å². The van der Waals surface area contributed by atoms with Crippen molar-refractivity contribution in [2.45, 2.75) is 102 Å². The molecule has 222 valence electrons. The molecule has 1 aliphatic heterocycles. The molecule has 3 aromatic rings. The summed E-state index contributed by atoms with van der Waals surface area (Å²) >= 11 is 1.30. The zero-order valence-corrected chi connectivity index (χ0v) is 27.3. The van der Waals surface area contributed by atoms with Gasteiger partial charge in [-0.25, -0.2) is 9.78 Å². The Kier molecular flexibility index (Phi) is 8.33. The Labute approximate surface area is 248 Å². The van der Waals surface area contributed by atoms with Gasteiger partial charge in [0.15, 0.2) is 15.3 Å². The van der Waals surface area contributed by atoms with Crippen LogP contribution in [0.15, 0.2) is 24.5 Å². The molecule has 11 heteroatoms. The van der Waals surface area contributed by atoms with Crippen LogP contribution in [0.3, 0.4) is 0 Å². The highest BCUT2D eigenvalue weighted by Gasteiger charge is 2.44. The number of rotatable bonds is 8. The number of ether oxygens (including phenoxy) is 1. The molecule has 0 spiro atoms. The first kappa shape index (κ1) is 29.7. The molecule has 1 aromatic carbocycles. The van der Waals surface area contributed by atoms with E-state index in [1.165, 1.54) is 37.7 Å². The minimum Gasteiger partial charge on any atom is -0.465 e. The van der Waals surface area contributed by atoms with E-state index in [9.17, 15) is 14.9 Å². The molecule has 41 heavy (non-hydrogen) atoms. The number of carbonyl (C=O) groups excluding carboxylic acids is 1. The third-order valence-corrected chi connectivity index (χ3v) is 11.5. The molecule has 0 radical (unpaired) electrons. The van der Waals surface area contributed by atoms with E-state index >= 15 is 0 Å². The van der Waals surface area contributed by atoms with E-state index in [1.807, 2.05) is 24.5 Å². The van der Waals surface area contributed by atoms with E-state index < -0.39 is 26.3 Å². The van der Waals surface area contributed by atoms with E-state index in [2.05, 4.69) is 49.1 Å². The lowest BCUT2D eigenvalue weighted by atomic mass is 9.95. The number of hydrogen-bond donors (Lipinski definition) is 0. The van der Waals surface area contributed by atoms with Crippen LogP contribution in [-0.2, 0) is 9.16 Å². The fraction of sp³-hybridized carbons (Fsp3) is 0.600. The summed E-state index contributed by atoms with van der Waals surface area (Å²) < 4.78 is 13.9. The second kappa shape index (κ2) is 11.5. The third-order valence-electron chi connectivity index (χ3n) is 8.43. The van der Waals surface area contributed by atoms with Crippen LogP contribution in [0.4, 0.5) is 10.7 Å². The Morgan fingerprint density at radius 3 is 2.51 bits per heavy atom. The first-order chi connectivity index (χ1) is 19.4. The monoisotopic (exact) mass is 598 g/mol. The van der Waals surface area contributed by atoms with Gasteiger partial charge in [-0.15, -0.1) is 11.3 Å². The number of hydrogen-bond acceptors (Lipinski definition) is 8. The normalized spacial score (nSPS) is 19.1. The van der Waals surface area contributed by atoms with Crippen molar-refractivity contribution in [2.24, 2.45) is 0 Å². The maximum Gasteiger partial charge on any atom is 0.347 e. The molecule has 1 atom stereocenters. The molecular weight excluding hydrogens is 557 g/mol. The largest absolute Gasteiger partial charge is 0.465 e. The molecule has 1 saturated heterocycles. The van der Waals surface area contributed by atoms with Gasteiger partial charge in [-0.3, -0.25) is 10.1 Å². The van der Waals surface area contributed by atoms with Crippen molar-refractivity contribution < 1.29 is 18.9 Å². The molecule has 9 nitrogen and oxygen atoms in total. The van der Waals surface area contributed by atoms with Crippen molar-refractivity contribution in [3.8, 4) is 10.4 Å². The standard InChI is InChI=1S/C30H42N4O5SSi/c1-29(2,3)41-39-30(4,5)23-13-10-16-32(23)27-24(28(35)38-6)25(34(36)37)26(40-27)19-14-15-22-21(17-19)31-18-33(22)20-11-8-7-9-12-20/h14-15,17-18,20,23H,7-13,16,41H2,1-6H3/t23-/m0/s1. The minimum atomic E-state index is -0.836. The summed E-state index contributed by atoms with van der Waals surface area (Å²) in [6.07, 6.45) is 9.71. The zero-order chi connectivity index (χ0) is 29.5. The van der Waals surface area contributed by atoms with Gasteiger partial charge in [0.25, 0.3) is 0 Å². The van der Waals surface area contributed by atoms with Crippen molar-refractivity contribution >= 4 is 48.8 Å². The number of nitro groups is 1. The Hall–Kier alpha value is -2.76. The molecule has 2 aromatic heterocycles. The number of anilines is 1. The number of aromatic nitrogens is 2. The fourth-order valence-electron chi connectivity index (χ4n) is 6.32. The Balaban J connectivity index is 1.58. The summed E-state index contributed by atoms with van der Waals surface area (Å²) in [7, 11) is 0.443. The maximum atomic E-state index is 13.2. The number of methoxy groups -OCH3 is 1. The summed E-state index contributed by atoms with van der Waals surface area (Å²) in [6, 6.07) is 6.28. The van der Waals surface area contributed by atoms with Gasteiger partial charge in [-0.05, 0) is 56.7 Å². The lowest BCUT2D eigenvalue weighted by Gasteiger charge is -2.40. The smallest absolute Gasteiger partial charge is 0.347 e. The van der Waals surface area contributed by atoms with Gasteiger partial charge in [-0.1, -0.05) is 46.1 Å². The van der Waals surface area contributed by atoms with Crippen LogP contribution in [0.25, 0.3) is 21.5 Å². The number of fused-ring (bicyclic) bond motifs is 1. The topological polar surface area (TPSA) is 99.7 Å². The Morgan fingerprint density at radius 2 is 1.85 bits per heavy atom. The Morgan fingerprint density at radius 1 is 1.12 bits per heavy atom. The van der Waals surface area contributed by atoms with E-state index in [-0.39, 0.29) is 22.3 Å². The lowest BCUT2D eigenvalue weighted by Crippen LogP contribution is -2.49. The second-order valence-electron chi connectivity index (χ2n) is 13.2. The van der Waals surface area contributed by atoms with Gasteiger partial charge in [0.05, 0.1) is 41.0 Å². The van der Waals surface area contributed by atoms with Gasteiger partial charge in [0, 0.05) is 18.2 Å². The van der Waals surface area contributed by atoms with Crippen molar-refractivity contribution in [1.82, 2.24) is 9.55 Å². The molecule has 1 aliphatic carbocycles. The summed E-state index contributed by atoms with van der Waals surface area (Å²) in [5, 5.41) is 13.3. The second-order valence-corrected chi connectivity index (χ2v) is 16.9. The van der Waals surface area contributed by atoms with E-state index in [0.717, 1.165) is 36.7 Å². The highest BCUT2D eigenvalue weighted by atomic mass is 32.1. The van der Waals surface area contributed by atoms with Crippen LogP contribution in [0.2, 0.25) is 5.04 Å². The summed E-state index contributed by atoms with van der Waals surface area (Å²) in [4.78, 5) is 32.6. The van der Waals surface area contributed by atoms with Crippen molar-refractivity contribution in [3.05, 3.63) is 40.2 Å². The zero-order valence-electron chi connectivity index (χ0n) is 25.1. The predicted octanol–water partition coefficient (Wildman–Crippen LogP) is 7.03. The molecule has 0 amide bonds. The third kappa shape index (κ3) is 5.94. The molecule has 0 bridgehead atoms. The lowest BCUT2D eigenvalue weighted by molar-refractivity contribution is -0.384. The number of nitrogens with zero attached hydrogens (tertiary/aromatic N) is 4. The van der Waals surface area contributed by atoms with Crippen molar-refractivity contribution in [3.63, 3.8) is 0 Å². The van der Waals surface area contributed by atoms with E-state index in [4.69, 9.17) is 9.16 Å². The van der Waals surface area contributed by atoms with Gasteiger partial charge in [0.1, 0.15) is 9.88 Å². The molecule has 1 saturated carbocycles. The first-order valence-electron chi connectivity index (χ1n) is 14.7. The number of benzene rings is 1. The average Bonchev–Trinajstić information content (AvgIpc) is 3.68. The predicted molar refractivity (Wildman–Crippen MR) is 167 cm³/mol. The fourth-order valence-corrected chi connectivity index (χ4v) is 8.65. The number of carbonyl (C=O) groups is 1. The molecule has 0 unspecified atom stereocenters. The SMILES string of the molecule is COC(=O)c1c(N2CCC[C@H]2C(C)(C)O[SiH2]C(C)(C)C)sc(-c2ccc3c(c2)ncn3C2CCCCC2)c1[N+](=O)[O-]. The quantitative estimate of drug-likeness (QED) is 0.119. The summed E-state index contributed by atoms with van der Waals surface area (Å²) in [5.41, 5.74) is 1.89. The molecule has 2 aliphatic rings. The van der Waals surface area contributed by atoms with E-state index in [1.54, 1.807) is 0 Å². The van der Waals surface area contributed by atoms with E-state index in [0.29, 0.717) is 28.0 Å². The minimum absolute atomic E-state index is 0.0134. The van der Waals surface area contributed by atoms with Crippen LogP contribution in [0.1, 0.15) is 96.0 Å². The molecule has 3 heterocycles. The number of thiophene rings is 1. The summed E-state index contributed by atoms with van der Waals surface area (Å²) in [6.45, 7) is 11.5. The highest BCUT2D eigenvalue weighted by molar-refractivity contribution is 7.20. The van der Waals surface area contributed by atoms with Gasteiger partial charge in [0.2, 0.25) is 0 Å². The van der Waals surface area contributed by atoms with Crippen LogP contribution < -0.4 is 4.90 Å². The van der Waals surface area contributed by atoms with Crippen LogP contribution in [0, 0.1) is 10.1 Å². The average molecular weight is 599 g/mol. The molecule has 5 rings (SSSR count). The number of imidazole rings is 1. The number of esters is 1. The summed E-state index contributed by atoms with van der Waals surface area (Å²) in [5.74, 6) is -0.690.